The lowest BCUT2D eigenvalue weighted by Crippen LogP contribution is -2.15. The van der Waals surface area contributed by atoms with Gasteiger partial charge in [0, 0.05) is 30.7 Å². The van der Waals surface area contributed by atoms with Crippen molar-refractivity contribution in [2.24, 2.45) is 5.73 Å². The van der Waals surface area contributed by atoms with Gasteiger partial charge in [-0.25, -0.2) is 0 Å². The summed E-state index contributed by atoms with van der Waals surface area (Å²) in [4.78, 5) is 11.0. The normalized spacial score (nSPS) is 14.5. The van der Waals surface area contributed by atoms with Gasteiger partial charge in [-0.05, 0) is 19.8 Å². The summed E-state index contributed by atoms with van der Waals surface area (Å²) in [7, 11) is 0. The number of nitrogens with zero attached hydrogens (tertiary/aromatic N) is 4. The molecule has 2 aromatic rings. The van der Waals surface area contributed by atoms with Gasteiger partial charge in [-0.3, -0.25) is 4.79 Å². The fourth-order valence-corrected chi connectivity index (χ4v) is 2.96. The monoisotopic (exact) mass is 307 g/mol. The molecule has 2 aromatic heterocycles. The van der Waals surface area contributed by atoms with Gasteiger partial charge in [-0.1, -0.05) is 16.9 Å². The largest absolute Gasteiger partial charge is 0.370 e. The van der Waals surface area contributed by atoms with Crippen molar-refractivity contribution in [2.75, 3.05) is 0 Å². The predicted octanol–water partition coefficient (Wildman–Crippen LogP) is 1.62. The number of aromatic nitrogens is 4. The van der Waals surface area contributed by atoms with Gasteiger partial charge in [-0.15, -0.1) is 10.2 Å². The van der Waals surface area contributed by atoms with Crippen LogP contribution < -0.4 is 5.73 Å². The van der Waals surface area contributed by atoms with Crippen LogP contribution in [0.2, 0.25) is 0 Å². The summed E-state index contributed by atoms with van der Waals surface area (Å²) < 4.78 is 7.06. The summed E-state index contributed by atoms with van der Waals surface area (Å²) in [6.45, 7) is 2.40. The summed E-state index contributed by atoms with van der Waals surface area (Å²) in [5.74, 6) is 2.59. The van der Waals surface area contributed by atoms with Crippen molar-refractivity contribution in [3.63, 3.8) is 0 Å². The average molecular weight is 307 g/mol. The highest BCUT2D eigenvalue weighted by molar-refractivity contribution is 7.98. The maximum atomic E-state index is 11.0. The van der Waals surface area contributed by atoms with Gasteiger partial charge in [0.1, 0.15) is 11.6 Å². The van der Waals surface area contributed by atoms with E-state index in [0.29, 0.717) is 24.6 Å². The first-order valence-corrected chi connectivity index (χ1v) is 7.88. The molecule has 0 unspecified atom stereocenters. The van der Waals surface area contributed by atoms with Crippen molar-refractivity contribution >= 4 is 17.7 Å². The molecule has 0 aliphatic heterocycles. The molecular formula is C13H17N5O2S. The molecule has 21 heavy (non-hydrogen) atoms. The molecule has 1 aliphatic rings. The molecule has 0 radical (unpaired) electrons. The quantitative estimate of drug-likeness (QED) is 0.780. The fraction of sp³-hybridized carbons (Fsp3) is 0.538. The average Bonchev–Trinajstić information content (AvgIpc) is 3.08. The molecule has 1 amide bonds. The first-order chi connectivity index (χ1) is 10.1. The molecule has 0 bridgehead atoms. The molecule has 1 saturated carbocycles. The van der Waals surface area contributed by atoms with E-state index >= 15 is 0 Å². The number of primary amides is 1. The van der Waals surface area contributed by atoms with E-state index in [-0.39, 0.29) is 5.91 Å². The van der Waals surface area contributed by atoms with Crippen LogP contribution in [0, 0.1) is 6.92 Å². The van der Waals surface area contributed by atoms with Crippen molar-refractivity contribution < 1.29 is 9.32 Å². The van der Waals surface area contributed by atoms with Crippen LogP contribution in [0.1, 0.15) is 42.5 Å². The lowest BCUT2D eigenvalue weighted by molar-refractivity contribution is -0.118. The first kappa shape index (κ1) is 14.1. The van der Waals surface area contributed by atoms with Crippen molar-refractivity contribution in [1.82, 2.24) is 19.9 Å². The van der Waals surface area contributed by atoms with Crippen LogP contribution in [0.15, 0.2) is 15.7 Å². The van der Waals surface area contributed by atoms with Crippen molar-refractivity contribution in [3.05, 3.63) is 23.3 Å². The summed E-state index contributed by atoms with van der Waals surface area (Å²) in [5.41, 5.74) is 6.12. The minimum atomic E-state index is -0.312. The van der Waals surface area contributed by atoms with Crippen LogP contribution in [-0.2, 0) is 17.1 Å². The Kier molecular flexibility index (Phi) is 3.96. The number of amides is 1. The van der Waals surface area contributed by atoms with Gasteiger partial charge in [0.05, 0.1) is 5.69 Å². The third kappa shape index (κ3) is 3.44. The minimum absolute atomic E-state index is 0.300. The first-order valence-electron chi connectivity index (χ1n) is 6.90. The molecule has 7 nitrogen and oxygen atoms in total. The van der Waals surface area contributed by atoms with Crippen LogP contribution in [0.4, 0.5) is 0 Å². The van der Waals surface area contributed by atoms with E-state index in [2.05, 4.69) is 15.4 Å². The number of nitrogens with two attached hydrogens (primary N) is 1. The number of carbonyl (C=O) groups excluding carboxylic acids is 1. The second kappa shape index (κ2) is 5.88. The molecule has 0 aromatic carbocycles. The minimum Gasteiger partial charge on any atom is -0.370 e. The summed E-state index contributed by atoms with van der Waals surface area (Å²) >= 11 is 1.55. The zero-order valence-corrected chi connectivity index (χ0v) is 12.6. The lowest BCUT2D eigenvalue weighted by atomic mass is 10.3. The highest BCUT2D eigenvalue weighted by atomic mass is 32.2. The van der Waals surface area contributed by atoms with E-state index < -0.39 is 0 Å². The number of carbonyl (C=O) groups is 1. The standard InChI is InChI=1S/C13H17N5O2S/c1-8-6-10(17-20-8)7-21-13-16-15-12(9-2-3-9)18(13)5-4-11(14)19/h6,9H,2-5,7H2,1H3,(H2,14,19). The van der Waals surface area contributed by atoms with Crippen LogP contribution in [-0.4, -0.2) is 25.8 Å². The van der Waals surface area contributed by atoms with Crippen LogP contribution in [0.3, 0.4) is 0 Å². The maximum absolute atomic E-state index is 11.0. The molecule has 8 heteroatoms. The van der Waals surface area contributed by atoms with Gasteiger partial charge in [0.25, 0.3) is 0 Å². The maximum Gasteiger partial charge on any atom is 0.219 e. The molecule has 2 heterocycles. The van der Waals surface area contributed by atoms with Crippen LogP contribution in [0.5, 0.6) is 0 Å². The number of hydrogen-bond acceptors (Lipinski definition) is 6. The second-order valence-corrected chi connectivity index (χ2v) is 6.14. The van der Waals surface area contributed by atoms with E-state index in [1.54, 1.807) is 11.8 Å². The molecular weight excluding hydrogens is 290 g/mol. The van der Waals surface area contributed by atoms with E-state index in [1.165, 1.54) is 0 Å². The zero-order valence-electron chi connectivity index (χ0n) is 11.8. The van der Waals surface area contributed by atoms with Gasteiger partial charge in [0.15, 0.2) is 5.16 Å². The highest BCUT2D eigenvalue weighted by Crippen LogP contribution is 2.40. The molecule has 112 valence electrons. The van der Waals surface area contributed by atoms with Crippen LogP contribution >= 0.6 is 11.8 Å². The molecule has 0 saturated heterocycles. The van der Waals surface area contributed by atoms with Gasteiger partial charge < -0.3 is 14.8 Å². The smallest absolute Gasteiger partial charge is 0.219 e. The Morgan fingerprint density at radius 3 is 2.95 bits per heavy atom. The number of thioether (sulfide) groups is 1. The lowest BCUT2D eigenvalue weighted by Gasteiger charge is -2.07. The summed E-state index contributed by atoms with van der Waals surface area (Å²) in [5, 5.41) is 13.3. The van der Waals surface area contributed by atoms with Crippen LogP contribution in [0.25, 0.3) is 0 Å². The third-order valence-electron chi connectivity index (χ3n) is 3.30. The molecule has 0 spiro atoms. The molecule has 0 atom stereocenters. The van der Waals surface area contributed by atoms with E-state index in [4.69, 9.17) is 10.3 Å². The summed E-state index contributed by atoms with van der Waals surface area (Å²) in [6, 6.07) is 1.90. The number of aryl methyl sites for hydroxylation is 1. The van der Waals surface area contributed by atoms with Gasteiger partial charge in [-0.2, -0.15) is 0 Å². The Morgan fingerprint density at radius 1 is 1.52 bits per heavy atom. The Hall–Kier alpha value is -1.83. The third-order valence-corrected chi connectivity index (χ3v) is 4.30. The predicted molar refractivity (Wildman–Crippen MR) is 76.6 cm³/mol. The Bertz CT molecular complexity index is 647. The Labute approximate surface area is 126 Å². The van der Waals surface area contributed by atoms with Gasteiger partial charge in [0.2, 0.25) is 5.91 Å². The topological polar surface area (TPSA) is 99.8 Å². The SMILES string of the molecule is Cc1cc(CSc2nnc(C3CC3)n2CCC(N)=O)no1. The molecule has 3 rings (SSSR count). The second-order valence-electron chi connectivity index (χ2n) is 5.20. The Morgan fingerprint density at radius 2 is 2.33 bits per heavy atom. The van der Waals surface area contributed by atoms with E-state index in [1.807, 2.05) is 17.6 Å². The molecule has 1 aliphatic carbocycles. The van der Waals surface area contributed by atoms with E-state index in [0.717, 1.165) is 35.3 Å². The number of rotatable bonds is 7. The number of hydrogen-bond donors (Lipinski definition) is 1. The molecule has 2 N–H and O–H groups in total. The van der Waals surface area contributed by atoms with E-state index in [9.17, 15) is 4.79 Å². The molecule has 1 fully saturated rings. The van der Waals surface area contributed by atoms with Crippen molar-refractivity contribution in [3.8, 4) is 0 Å². The zero-order chi connectivity index (χ0) is 14.8. The van der Waals surface area contributed by atoms with Gasteiger partial charge >= 0.3 is 0 Å². The van der Waals surface area contributed by atoms with Crippen molar-refractivity contribution in [1.29, 1.82) is 0 Å². The highest BCUT2D eigenvalue weighted by Gasteiger charge is 2.30. The Balaban J connectivity index is 1.72. The van der Waals surface area contributed by atoms with Crippen molar-refractivity contribution in [2.45, 2.75) is 49.6 Å². The summed E-state index contributed by atoms with van der Waals surface area (Å²) in [6.07, 6.45) is 2.58. The fourth-order valence-electron chi connectivity index (χ4n) is 2.11.